The van der Waals surface area contributed by atoms with Gasteiger partial charge in [0.2, 0.25) is 20.0 Å². The van der Waals surface area contributed by atoms with Gasteiger partial charge in [0.15, 0.2) is 0 Å². The molecule has 9 heteroatoms. The second-order valence-electron chi connectivity index (χ2n) is 3.20. The minimum atomic E-state index is -4.09. The van der Waals surface area contributed by atoms with Crippen LogP contribution >= 0.6 is 0 Å². The Kier molecular flexibility index (Phi) is 2.98. The molecule has 0 atom stereocenters. The maximum atomic E-state index is 11.2. The Balaban J connectivity index is 3.79. The highest BCUT2D eigenvalue weighted by Gasteiger charge is 2.22. The Morgan fingerprint density at radius 2 is 1.50 bits per heavy atom. The average molecular weight is 265 g/mol. The molecule has 1 rings (SSSR count). The first-order valence-corrected chi connectivity index (χ1v) is 7.09. The molecule has 0 unspecified atom stereocenters. The van der Waals surface area contributed by atoms with Gasteiger partial charge in [0.25, 0.3) is 0 Å². The molecule has 0 aliphatic heterocycles. The monoisotopic (exact) mass is 265 g/mol. The summed E-state index contributed by atoms with van der Waals surface area (Å²) in [6, 6.07) is 2.27. The van der Waals surface area contributed by atoms with E-state index in [9.17, 15) is 16.8 Å². The number of rotatable bonds is 2. The van der Waals surface area contributed by atoms with E-state index in [0.29, 0.717) is 0 Å². The Hall–Kier alpha value is -1.16. The fourth-order valence-corrected chi connectivity index (χ4v) is 3.16. The third-order valence-corrected chi connectivity index (χ3v) is 4.14. The third kappa shape index (κ3) is 2.32. The quantitative estimate of drug-likeness (QED) is 0.579. The standard InChI is InChI=1S/C7H11N3O4S2/c1-4-6(15(9,11)12)3-2-5(8)7(4)16(10,13)14/h2-3H,8H2,1H3,(H2,9,11,12)(H2,10,13,14). The van der Waals surface area contributed by atoms with Crippen LogP contribution in [0.3, 0.4) is 0 Å². The van der Waals surface area contributed by atoms with Gasteiger partial charge in [-0.15, -0.1) is 0 Å². The minimum absolute atomic E-state index is 0.0787. The number of nitrogens with two attached hydrogens (primary N) is 3. The molecule has 0 heterocycles. The zero-order valence-electron chi connectivity index (χ0n) is 8.34. The molecular weight excluding hydrogens is 254 g/mol. The zero-order chi connectivity index (χ0) is 12.7. The predicted octanol–water partition coefficient (Wildman–Crippen LogP) is -1.13. The van der Waals surface area contributed by atoms with Gasteiger partial charge in [-0.1, -0.05) is 0 Å². The molecule has 0 bridgehead atoms. The van der Waals surface area contributed by atoms with E-state index in [1.807, 2.05) is 0 Å². The van der Waals surface area contributed by atoms with Gasteiger partial charge in [-0.3, -0.25) is 0 Å². The van der Waals surface area contributed by atoms with E-state index in [-0.39, 0.29) is 16.1 Å². The molecule has 0 radical (unpaired) electrons. The first-order chi connectivity index (χ1) is 7.05. The van der Waals surface area contributed by atoms with Crippen molar-refractivity contribution in [1.29, 1.82) is 0 Å². The smallest absolute Gasteiger partial charge is 0.240 e. The Morgan fingerprint density at radius 1 is 1.00 bits per heavy atom. The topological polar surface area (TPSA) is 146 Å². The fourth-order valence-electron chi connectivity index (χ4n) is 1.38. The molecule has 1 aromatic rings. The summed E-state index contributed by atoms with van der Waals surface area (Å²) >= 11 is 0. The summed E-state index contributed by atoms with van der Waals surface area (Å²) in [5.41, 5.74) is 5.23. The summed E-state index contributed by atoms with van der Waals surface area (Å²) in [6.07, 6.45) is 0. The average Bonchev–Trinajstić information content (AvgIpc) is 1.97. The molecular formula is C7H11N3O4S2. The lowest BCUT2D eigenvalue weighted by atomic mass is 10.2. The highest BCUT2D eigenvalue weighted by Crippen LogP contribution is 2.26. The van der Waals surface area contributed by atoms with Crippen LogP contribution < -0.4 is 16.0 Å². The van der Waals surface area contributed by atoms with Gasteiger partial charge >= 0.3 is 0 Å². The lowest BCUT2D eigenvalue weighted by Gasteiger charge is -2.10. The first-order valence-electron chi connectivity index (χ1n) is 4.00. The maximum Gasteiger partial charge on any atom is 0.240 e. The van der Waals surface area contributed by atoms with Crippen molar-refractivity contribution in [3.05, 3.63) is 17.7 Å². The molecule has 0 aliphatic rings. The number of hydrogen-bond acceptors (Lipinski definition) is 5. The molecule has 16 heavy (non-hydrogen) atoms. The molecule has 0 amide bonds. The number of sulfonamides is 2. The second kappa shape index (κ2) is 3.70. The van der Waals surface area contributed by atoms with E-state index in [4.69, 9.17) is 16.0 Å². The molecule has 90 valence electrons. The van der Waals surface area contributed by atoms with Crippen molar-refractivity contribution in [1.82, 2.24) is 0 Å². The van der Waals surface area contributed by atoms with E-state index in [1.54, 1.807) is 0 Å². The number of anilines is 1. The van der Waals surface area contributed by atoms with E-state index in [0.717, 1.165) is 12.1 Å². The Bertz CT molecular complexity index is 634. The van der Waals surface area contributed by atoms with Crippen LogP contribution in [0, 0.1) is 6.92 Å². The van der Waals surface area contributed by atoms with Crippen molar-refractivity contribution in [2.45, 2.75) is 16.7 Å². The van der Waals surface area contributed by atoms with Gasteiger partial charge in [0.1, 0.15) is 4.90 Å². The molecule has 0 saturated carbocycles. The fraction of sp³-hybridized carbons (Fsp3) is 0.143. The van der Waals surface area contributed by atoms with E-state index < -0.39 is 24.9 Å². The maximum absolute atomic E-state index is 11.2. The molecule has 0 aliphatic carbocycles. The summed E-state index contributed by atoms with van der Waals surface area (Å²) < 4.78 is 44.7. The Morgan fingerprint density at radius 3 is 1.88 bits per heavy atom. The summed E-state index contributed by atoms with van der Waals surface area (Å²) in [6.45, 7) is 1.27. The molecule has 7 nitrogen and oxygen atoms in total. The van der Waals surface area contributed by atoms with Crippen LogP contribution in [0.15, 0.2) is 21.9 Å². The van der Waals surface area contributed by atoms with Crippen molar-refractivity contribution < 1.29 is 16.8 Å². The van der Waals surface area contributed by atoms with Crippen molar-refractivity contribution in [2.75, 3.05) is 5.73 Å². The van der Waals surface area contributed by atoms with Gasteiger partial charge in [0.05, 0.1) is 10.6 Å². The highest BCUT2D eigenvalue weighted by atomic mass is 32.2. The van der Waals surface area contributed by atoms with Crippen LogP contribution in [0.25, 0.3) is 0 Å². The largest absolute Gasteiger partial charge is 0.398 e. The van der Waals surface area contributed by atoms with Gasteiger partial charge in [-0.25, -0.2) is 27.1 Å². The highest BCUT2D eigenvalue weighted by molar-refractivity contribution is 7.90. The normalized spacial score (nSPS) is 12.7. The molecule has 6 N–H and O–H groups in total. The molecule has 0 spiro atoms. The van der Waals surface area contributed by atoms with Gasteiger partial charge < -0.3 is 5.73 Å². The van der Waals surface area contributed by atoms with Crippen LogP contribution in [-0.4, -0.2) is 16.8 Å². The molecule has 0 fully saturated rings. The summed E-state index contributed by atoms with van der Waals surface area (Å²) in [4.78, 5) is -0.732. The van der Waals surface area contributed by atoms with Crippen LogP contribution in [0.2, 0.25) is 0 Å². The van der Waals surface area contributed by atoms with E-state index in [1.165, 1.54) is 6.92 Å². The van der Waals surface area contributed by atoms with E-state index >= 15 is 0 Å². The molecule has 0 aromatic heterocycles. The van der Waals surface area contributed by atoms with Gasteiger partial charge in [0, 0.05) is 0 Å². The van der Waals surface area contributed by atoms with Crippen molar-refractivity contribution in [3.63, 3.8) is 0 Å². The SMILES string of the molecule is Cc1c(S(N)(=O)=O)ccc(N)c1S(N)(=O)=O. The van der Waals surface area contributed by atoms with Gasteiger partial charge in [-0.05, 0) is 24.6 Å². The third-order valence-electron chi connectivity index (χ3n) is 1.98. The predicted molar refractivity (Wildman–Crippen MR) is 58.3 cm³/mol. The van der Waals surface area contributed by atoms with Crippen molar-refractivity contribution in [2.24, 2.45) is 10.3 Å². The first kappa shape index (κ1) is 12.9. The number of benzene rings is 1. The summed E-state index contributed by atoms with van der Waals surface area (Å²) in [5.74, 6) is 0. The zero-order valence-corrected chi connectivity index (χ0v) is 9.97. The van der Waals surface area contributed by atoms with Crippen LogP contribution in [0.5, 0.6) is 0 Å². The van der Waals surface area contributed by atoms with Crippen molar-refractivity contribution >= 4 is 25.7 Å². The number of primary sulfonamides is 2. The molecule has 1 aromatic carbocycles. The Labute approximate surface area is 93.3 Å². The molecule has 0 saturated heterocycles. The van der Waals surface area contributed by atoms with Crippen molar-refractivity contribution in [3.8, 4) is 0 Å². The van der Waals surface area contributed by atoms with Gasteiger partial charge in [-0.2, -0.15) is 0 Å². The summed E-state index contributed by atoms with van der Waals surface area (Å²) in [5, 5.41) is 9.84. The second-order valence-corrected chi connectivity index (χ2v) is 6.23. The minimum Gasteiger partial charge on any atom is -0.398 e. The van der Waals surface area contributed by atoms with Crippen LogP contribution in [0.4, 0.5) is 5.69 Å². The summed E-state index contributed by atoms with van der Waals surface area (Å²) in [7, 11) is -8.10. The van der Waals surface area contributed by atoms with Crippen LogP contribution in [0.1, 0.15) is 5.56 Å². The number of nitrogen functional groups attached to an aromatic ring is 1. The van der Waals surface area contributed by atoms with Crippen LogP contribution in [-0.2, 0) is 20.0 Å². The lowest BCUT2D eigenvalue weighted by molar-refractivity contribution is 0.595. The lowest BCUT2D eigenvalue weighted by Crippen LogP contribution is -2.20. The number of hydrogen-bond donors (Lipinski definition) is 3. The van der Waals surface area contributed by atoms with E-state index in [2.05, 4.69) is 0 Å².